The van der Waals surface area contributed by atoms with Gasteiger partial charge in [0.05, 0.1) is 17.6 Å². The Hall–Kier alpha value is -1.82. The fourth-order valence-corrected chi connectivity index (χ4v) is 5.31. The first-order valence-electron chi connectivity index (χ1n) is 8.81. The summed E-state index contributed by atoms with van der Waals surface area (Å²) in [5.74, 6) is -0.806. The number of carboxylic acids is 1. The Morgan fingerprint density at radius 1 is 1.47 bits per heavy atom. The molecule has 6 nitrogen and oxygen atoms in total. The van der Waals surface area contributed by atoms with E-state index in [-0.39, 0.29) is 28.6 Å². The fraction of sp³-hybridized carbons (Fsp3) is 0.389. The van der Waals surface area contributed by atoms with E-state index in [1.54, 1.807) is 4.90 Å². The molecule has 1 saturated heterocycles. The van der Waals surface area contributed by atoms with Gasteiger partial charge in [-0.15, -0.1) is 11.3 Å². The third kappa shape index (κ3) is 5.08. The minimum Gasteiger partial charge on any atom is -0.476 e. The molecule has 2 heterocycles. The first-order chi connectivity index (χ1) is 14.1. The third-order valence-electron chi connectivity index (χ3n) is 4.73. The maximum absolute atomic E-state index is 13.1. The summed E-state index contributed by atoms with van der Waals surface area (Å²) in [5.41, 5.74) is 5.52. The maximum atomic E-state index is 13.1. The van der Waals surface area contributed by atoms with Crippen LogP contribution in [0.1, 0.15) is 40.5 Å². The lowest BCUT2D eigenvalue weighted by molar-refractivity contribution is -0.137. The molecule has 1 aliphatic rings. The number of halogens is 4. The summed E-state index contributed by atoms with van der Waals surface area (Å²) in [6, 6.07) is 1.65. The lowest BCUT2D eigenvalue weighted by Crippen LogP contribution is -2.41. The van der Waals surface area contributed by atoms with Gasteiger partial charge in [-0.05, 0) is 30.2 Å². The van der Waals surface area contributed by atoms with E-state index >= 15 is 0 Å². The number of carboxylic acid groups (broad SMARTS) is 1. The summed E-state index contributed by atoms with van der Waals surface area (Å²) < 4.78 is 39.8. The number of benzene rings is 1. The number of aromatic nitrogens is 1. The molecule has 2 atom stereocenters. The maximum Gasteiger partial charge on any atom is 0.416 e. The third-order valence-corrected chi connectivity index (χ3v) is 7.08. The Morgan fingerprint density at radius 3 is 2.83 bits per heavy atom. The molecule has 1 aromatic heterocycles. The van der Waals surface area contributed by atoms with Crippen LogP contribution in [-0.4, -0.2) is 45.2 Å². The highest BCUT2D eigenvalue weighted by molar-refractivity contribution is 8.01. The Morgan fingerprint density at radius 2 is 2.20 bits per heavy atom. The molecule has 1 aromatic carbocycles. The Labute approximate surface area is 183 Å². The Bertz CT molecular complexity index is 954. The lowest BCUT2D eigenvalue weighted by atomic mass is 9.96. The fourth-order valence-electron chi connectivity index (χ4n) is 3.26. The molecule has 3 N–H and O–H groups in total. The highest BCUT2D eigenvalue weighted by atomic mass is 35.5. The van der Waals surface area contributed by atoms with Crippen molar-refractivity contribution in [1.82, 2.24) is 9.88 Å². The van der Waals surface area contributed by atoms with Crippen LogP contribution in [0, 0.1) is 0 Å². The van der Waals surface area contributed by atoms with E-state index in [1.807, 2.05) is 0 Å². The number of nitrogens with zero attached hydrogens (tertiary/aromatic N) is 2. The molecule has 162 valence electrons. The van der Waals surface area contributed by atoms with Crippen LogP contribution in [-0.2, 0) is 11.0 Å². The van der Waals surface area contributed by atoms with Crippen molar-refractivity contribution >= 4 is 46.6 Å². The first kappa shape index (κ1) is 22.9. The predicted molar refractivity (Wildman–Crippen MR) is 108 cm³/mol. The molecular formula is C18H17ClF3N3O3S2. The zero-order chi connectivity index (χ0) is 22.1. The van der Waals surface area contributed by atoms with Crippen LogP contribution in [0.25, 0.3) is 0 Å². The van der Waals surface area contributed by atoms with Gasteiger partial charge >= 0.3 is 12.1 Å². The number of nitrogens with two attached hydrogens (primary N) is 1. The zero-order valence-corrected chi connectivity index (χ0v) is 17.7. The molecule has 0 bridgehead atoms. The second-order valence-electron chi connectivity index (χ2n) is 6.61. The van der Waals surface area contributed by atoms with Crippen molar-refractivity contribution < 1.29 is 27.9 Å². The molecule has 12 heteroatoms. The first-order valence-corrected chi connectivity index (χ1v) is 11.1. The topological polar surface area (TPSA) is 96.5 Å². The molecule has 1 unspecified atom stereocenters. The molecule has 1 aliphatic heterocycles. The lowest BCUT2D eigenvalue weighted by Gasteiger charge is -2.30. The summed E-state index contributed by atoms with van der Waals surface area (Å²) >= 11 is 8.60. The van der Waals surface area contributed by atoms with Gasteiger partial charge in [0.25, 0.3) is 0 Å². The standard InChI is InChI=1S/C18H17ClF3N3O3S2/c19-11-2-1-9(18(20,21)22)7-10(11)15(23)13-3-4-14(26)25(13)5-6-29-17-24-12(8-30-17)16(27)28/h1-2,7-8,13,15H,3-6,23H2,(H,27,28)/t13-,15?/m1/s1. The van der Waals surface area contributed by atoms with Gasteiger partial charge in [-0.2, -0.15) is 13.2 Å². The van der Waals surface area contributed by atoms with Gasteiger partial charge in [-0.3, -0.25) is 4.79 Å². The van der Waals surface area contributed by atoms with Gasteiger partial charge in [-0.25, -0.2) is 9.78 Å². The second-order valence-corrected chi connectivity index (χ2v) is 9.21. The number of rotatable bonds is 7. The van der Waals surface area contributed by atoms with Crippen molar-refractivity contribution in [2.24, 2.45) is 5.73 Å². The monoisotopic (exact) mass is 479 g/mol. The molecule has 0 saturated carbocycles. The van der Waals surface area contributed by atoms with E-state index < -0.39 is 29.8 Å². The van der Waals surface area contributed by atoms with E-state index in [1.165, 1.54) is 34.5 Å². The van der Waals surface area contributed by atoms with E-state index in [4.69, 9.17) is 22.4 Å². The van der Waals surface area contributed by atoms with Crippen LogP contribution in [0.4, 0.5) is 13.2 Å². The zero-order valence-electron chi connectivity index (χ0n) is 15.4. The average Bonchev–Trinajstić information content (AvgIpc) is 3.28. The Balaban J connectivity index is 1.70. The van der Waals surface area contributed by atoms with Crippen molar-refractivity contribution in [3.8, 4) is 0 Å². The highest BCUT2D eigenvalue weighted by Gasteiger charge is 2.37. The number of hydrogen-bond donors (Lipinski definition) is 2. The van der Waals surface area contributed by atoms with Crippen molar-refractivity contribution in [2.75, 3.05) is 12.3 Å². The SMILES string of the molecule is NC(c1cc(C(F)(F)F)ccc1Cl)[C@H]1CCC(=O)N1CCSc1nc(C(=O)O)cs1. The van der Waals surface area contributed by atoms with Gasteiger partial charge in [0, 0.05) is 29.1 Å². The smallest absolute Gasteiger partial charge is 0.416 e. The van der Waals surface area contributed by atoms with Crippen LogP contribution >= 0.6 is 34.7 Å². The normalized spacial score (nSPS) is 18.1. The number of carbonyl (C=O) groups is 2. The van der Waals surface area contributed by atoms with Gasteiger partial charge < -0.3 is 15.7 Å². The summed E-state index contributed by atoms with van der Waals surface area (Å²) in [5, 5.41) is 10.5. The number of carbonyl (C=O) groups excluding carboxylic acids is 1. The van der Waals surface area contributed by atoms with Crippen LogP contribution < -0.4 is 5.73 Å². The predicted octanol–water partition coefficient (Wildman–Crippen LogP) is 4.30. The number of amides is 1. The number of thioether (sulfide) groups is 1. The van der Waals surface area contributed by atoms with Gasteiger partial charge in [0.2, 0.25) is 5.91 Å². The molecule has 0 spiro atoms. The number of thiazole rings is 1. The van der Waals surface area contributed by atoms with Gasteiger partial charge in [-0.1, -0.05) is 23.4 Å². The molecule has 1 fully saturated rings. The minimum atomic E-state index is -4.52. The largest absolute Gasteiger partial charge is 0.476 e. The van der Waals surface area contributed by atoms with Crippen molar-refractivity contribution in [3.05, 3.63) is 45.4 Å². The number of hydrogen-bond acceptors (Lipinski definition) is 6. The molecule has 30 heavy (non-hydrogen) atoms. The van der Waals surface area contributed by atoms with Gasteiger partial charge in [0.15, 0.2) is 10.0 Å². The van der Waals surface area contributed by atoms with Crippen molar-refractivity contribution in [1.29, 1.82) is 0 Å². The van der Waals surface area contributed by atoms with Gasteiger partial charge in [0.1, 0.15) is 0 Å². The quantitative estimate of drug-likeness (QED) is 0.575. The van der Waals surface area contributed by atoms with Crippen LogP contribution in [0.5, 0.6) is 0 Å². The van der Waals surface area contributed by atoms with E-state index in [2.05, 4.69) is 4.98 Å². The Kier molecular flexibility index (Phi) is 6.95. The van der Waals surface area contributed by atoms with Crippen molar-refractivity contribution in [3.63, 3.8) is 0 Å². The highest BCUT2D eigenvalue weighted by Crippen LogP contribution is 2.37. The number of alkyl halides is 3. The molecule has 1 amide bonds. The summed E-state index contributed by atoms with van der Waals surface area (Å²) in [7, 11) is 0. The number of aromatic carboxylic acids is 1. The average molecular weight is 480 g/mol. The molecule has 2 aromatic rings. The molecular weight excluding hydrogens is 463 g/mol. The van der Waals surface area contributed by atoms with Crippen LogP contribution in [0.15, 0.2) is 27.9 Å². The van der Waals surface area contributed by atoms with E-state index in [0.717, 1.165) is 12.1 Å². The summed E-state index contributed by atoms with van der Waals surface area (Å²) in [6.07, 6.45) is -3.86. The minimum absolute atomic E-state index is 0.0427. The molecule has 0 aliphatic carbocycles. The van der Waals surface area contributed by atoms with E-state index in [9.17, 15) is 22.8 Å². The summed E-state index contributed by atoms with van der Waals surface area (Å²) in [4.78, 5) is 28.7. The molecule has 3 rings (SSSR count). The van der Waals surface area contributed by atoms with Crippen LogP contribution in [0.2, 0.25) is 5.02 Å². The number of likely N-dealkylation sites (tertiary alicyclic amines) is 1. The molecule has 0 radical (unpaired) electrons. The van der Waals surface area contributed by atoms with E-state index in [0.29, 0.717) is 23.1 Å². The van der Waals surface area contributed by atoms with Crippen LogP contribution in [0.3, 0.4) is 0 Å². The second kappa shape index (κ2) is 9.13. The van der Waals surface area contributed by atoms with Crippen molar-refractivity contribution in [2.45, 2.75) is 35.4 Å². The summed E-state index contributed by atoms with van der Waals surface area (Å²) in [6.45, 7) is 0.306.